The summed E-state index contributed by atoms with van der Waals surface area (Å²) in [5.74, 6) is 1.20. The lowest BCUT2D eigenvalue weighted by atomic mass is 10.2. The van der Waals surface area contributed by atoms with E-state index >= 15 is 0 Å². The third kappa shape index (κ3) is 8.33. The van der Waals surface area contributed by atoms with Crippen LogP contribution in [0.3, 0.4) is 0 Å². The van der Waals surface area contributed by atoms with Crippen LogP contribution < -0.4 is 9.80 Å². The van der Waals surface area contributed by atoms with Crippen LogP contribution in [0, 0.1) is 6.92 Å². The van der Waals surface area contributed by atoms with Gasteiger partial charge in [-0.15, -0.1) is 0 Å². The molecule has 0 aromatic carbocycles. The Morgan fingerprint density at radius 2 is 1.77 bits per heavy atom. The van der Waals surface area contributed by atoms with Gasteiger partial charge in [0, 0.05) is 43.8 Å². The van der Waals surface area contributed by atoms with Gasteiger partial charge in [0.2, 0.25) is 0 Å². The standard InChI is InChI=1S/C24H34F3N5O2S/c1-17-28-21(14-30(17)5)35-15-18-12-19(31-10-8-6-7-9-11-31)13-20(29-18)32(16-24(25,26)27)22(33)34-23(2,3)4/h12-14H,6-11,15-16H2,1-5H3. The van der Waals surface area contributed by atoms with Crippen LogP contribution in [0.25, 0.3) is 0 Å². The van der Waals surface area contributed by atoms with Crippen molar-refractivity contribution in [2.45, 2.75) is 75.9 Å². The Labute approximate surface area is 209 Å². The number of pyridine rings is 1. The van der Waals surface area contributed by atoms with Gasteiger partial charge in [-0.25, -0.2) is 14.8 Å². The first-order chi connectivity index (χ1) is 16.3. The summed E-state index contributed by atoms with van der Waals surface area (Å²) in [6, 6.07) is 3.47. The van der Waals surface area contributed by atoms with Crippen molar-refractivity contribution in [2.24, 2.45) is 7.05 Å². The van der Waals surface area contributed by atoms with E-state index in [4.69, 9.17) is 4.74 Å². The molecule has 0 atom stereocenters. The number of aromatic nitrogens is 3. The minimum atomic E-state index is -4.61. The number of ether oxygens (including phenoxy) is 1. The molecule has 2 aromatic heterocycles. The van der Waals surface area contributed by atoms with Gasteiger partial charge in [-0.05, 0) is 46.6 Å². The van der Waals surface area contributed by atoms with Crippen molar-refractivity contribution < 1.29 is 22.7 Å². The van der Waals surface area contributed by atoms with E-state index in [-0.39, 0.29) is 5.82 Å². The highest BCUT2D eigenvalue weighted by molar-refractivity contribution is 7.98. The molecule has 3 heterocycles. The molecule has 0 saturated carbocycles. The Kier molecular flexibility index (Phi) is 8.61. The summed E-state index contributed by atoms with van der Waals surface area (Å²) in [4.78, 5) is 24.5. The van der Waals surface area contributed by atoms with E-state index in [0.717, 1.165) is 55.3 Å². The average Bonchev–Trinajstić information content (AvgIpc) is 2.93. The number of carbonyl (C=O) groups is 1. The first-order valence-corrected chi connectivity index (χ1v) is 12.8. The van der Waals surface area contributed by atoms with Gasteiger partial charge in [-0.3, -0.25) is 4.90 Å². The summed E-state index contributed by atoms with van der Waals surface area (Å²) in [5, 5.41) is 0.799. The summed E-state index contributed by atoms with van der Waals surface area (Å²) < 4.78 is 47.7. The molecule has 11 heteroatoms. The summed E-state index contributed by atoms with van der Waals surface area (Å²) in [6.45, 7) is 6.89. The maximum atomic E-state index is 13.5. The van der Waals surface area contributed by atoms with Gasteiger partial charge in [0.1, 0.15) is 28.8 Å². The van der Waals surface area contributed by atoms with Crippen molar-refractivity contribution in [1.82, 2.24) is 14.5 Å². The molecule has 0 spiro atoms. The monoisotopic (exact) mass is 513 g/mol. The highest BCUT2D eigenvalue weighted by Gasteiger charge is 2.37. The number of thioether (sulfide) groups is 1. The highest BCUT2D eigenvalue weighted by atomic mass is 32.2. The quantitative estimate of drug-likeness (QED) is 0.435. The predicted molar refractivity (Wildman–Crippen MR) is 132 cm³/mol. The van der Waals surface area contributed by atoms with Gasteiger partial charge in [-0.2, -0.15) is 13.2 Å². The molecule has 0 aliphatic carbocycles. The minimum absolute atomic E-state index is 0.0638. The van der Waals surface area contributed by atoms with E-state index < -0.39 is 24.4 Å². The Balaban J connectivity index is 1.98. The molecule has 1 aliphatic heterocycles. The molecule has 0 bridgehead atoms. The fraction of sp³-hybridized carbons (Fsp3) is 0.625. The predicted octanol–water partition coefficient (Wildman–Crippen LogP) is 6.10. The first-order valence-electron chi connectivity index (χ1n) is 11.8. The molecule has 3 rings (SSSR count). The fourth-order valence-electron chi connectivity index (χ4n) is 3.76. The Bertz CT molecular complexity index is 992. The number of rotatable bonds is 6. The zero-order chi connectivity index (χ0) is 25.8. The van der Waals surface area contributed by atoms with E-state index in [1.807, 2.05) is 30.8 Å². The van der Waals surface area contributed by atoms with Crippen LogP contribution in [0.15, 0.2) is 23.4 Å². The molecule has 0 radical (unpaired) electrons. The lowest BCUT2D eigenvalue weighted by molar-refractivity contribution is -0.119. The maximum absolute atomic E-state index is 13.5. The van der Waals surface area contributed by atoms with Crippen molar-refractivity contribution in [3.63, 3.8) is 0 Å². The molecule has 194 valence electrons. The average molecular weight is 514 g/mol. The Hall–Kier alpha value is -2.43. The summed E-state index contributed by atoms with van der Waals surface area (Å²) in [5.41, 5.74) is 0.394. The second-order valence-corrected chi connectivity index (χ2v) is 10.8. The van der Waals surface area contributed by atoms with Crippen molar-refractivity contribution in [3.8, 4) is 0 Å². The normalized spacial score (nSPS) is 15.1. The van der Waals surface area contributed by atoms with Crippen molar-refractivity contribution in [2.75, 3.05) is 29.4 Å². The van der Waals surface area contributed by atoms with Crippen LogP contribution in [0.1, 0.15) is 58.0 Å². The zero-order valence-electron chi connectivity index (χ0n) is 21.0. The molecule has 0 unspecified atom stereocenters. The topological polar surface area (TPSA) is 63.5 Å². The minimum Gasteiger partial charge on any atom is -0.443 e. The second kappa shape index (κ2) is 11.1. The molecule has 0 N–H and O–H groups in total. The van der Waals surface area contributed by atoms with Gasteiger partial charge in [0.15, 0.2) is 0 Å². The number of alkyl halides is 3. The summed E-state index contributed by atoms with van der Waals surface area (Å²) in [7, 11) is 1.90. The Morgan fingerprint density at radius 1 is 1.11 bits per heavy atom. The number of anilines is 2. The molecule has 1 saturated heterocycles. The van der Waals surface area contributed by atoms with Crippen molar-refractivity contribution in [1.29, 1.82) is 0 Å². The molecule has 2 aromatic rings. The van der Waals surface area contributed by atoms with E-state index in [9.17, 15) is 18.0 Å². The molecule has 1 amide bonds. The third-order valence-electron chi connectivity index (χ3n) is 5.50. The van der Waals surface area contributed by atoms with Gasteiger partial charge in [-0.1, -0.05) is 24.6 Å². The van der Waals surface area contributed by atoms with Gasteiger partial charge >= 0.3 is 12.3 Å². The van der Waals surface area contributed by atoms with Crippen LogP contribution >= 0.6 is 11.8 Å². The molecular weight excluding hydrogens is 479 g/mol. The molecule has 7 nitrogen and oxygen atoms in total. The number of carbonyl (C=O) groups excluding carboxylic acids is 1. The number of hydrogen-bond donors (Lipinski definition) is 0. The van der Waals surface area contributed by atoms with E-state index in [1.54, 1.807) is 26.8 Å². The summed E-state index contributed by atoms with van der Waals surface area (Å²) in [6.07, 6.45) is 0.464. The van der Waals surface area contributed by atoms with Crippen molar-refractivity contribution >= 4 is 29.4 Å². The third-order valence-corrected chi connectivity index (χ3v) is 6.44. The van der Waals surface area contributed by atoms with Crippen LogP contribution in [-0.4, -0.2) is 52.0 Å². The van der Waals surface area contributed by atoms with E-state index in [0.29, 0.717) is 16.3 Å². The van der Waals surface area contributed by atoms with Crippen LogP contribution in [0.2, 0.25) is 0 Å². The largest absolute Gasteiger partial charge is 0.443 e. The number of amides is 1. The van der Waals surface area contributed by atoms with Gasteiger partial charge in [0.05, 0.1) is 5.69 Å². The first kappa shape index (κ1) is 27.2. The number of aryl methyl sites for hydroxylation is 2. The number of hydrogen-bond acceptors (Lipinski definition) is 6. The smallest absolute Gasteiger partial charge is 0.416 e. The van der Waals surface area contributed by atoms with Gasteiger partial charge in [0.25, 0.3) is 0 Å². The second-order valence-electron chi connectivity index (χ2n) is 9.78. The SMILES string of the molecule is Cc1nc(SCc2cc(N3CCCCCC3)cc(N(CC(F)(F)F)C(=O)OC(C)(C)C)n2)cn1C. The van der Waals surface area contributed by atoms with E-state index in [2.05, 4.69) is 14.9 Å². The lowest BCUT2D eigenvalue weighted by Crippen LogP contribution is -2.43. The van der Waals surface area contributed by atoms with Crippen LogP contribution in [0.5, 0.6) is 0 Å². The van der Waals surface area contributed by atoms with Gasteiger partial charge < -0.3 is 14.2 Å². The van der Waals surface area contributed by atoms with Crippen LogP contribution in [-0.2, 0) is 17.5 Å². The molecule has 1 fully saturated rings. The van der Waals surface area contributed by atoms with Crippen LogP contribution in [0.4, 0.5) is 29.5 Å². The lowest BCUT2D eigenvalue weighted by Gasteiger charge is -2.29. The zero-order valence-corrected chi connectivity index (χ0v) is 21.8. The number of imidazole rings is 1. The number of nitrogens with zero attached hydrogens (tertiary/aromatic N) is 5. The molecular formula is C24H34F3N5O2S. The van der Waals surface area contributed by atoms with Crippen molar-refractivity contribution in [3.05, 3.63) is 29.8 Å². The molecule has 1 aliphatic rings. The summed E-state index contributed by atoms with van der Waals surface area (Å²) >= 11 is 1.45. The maximum Gasteiger partial charge on any atom is 0.416 e. The van der Waals surface area contributed by atoms with E-state index in [1.165, 1.54) is 11.8 Å². The fourth-order valence-corrected chi connectivity index (χ4v) is 4.63. The molecule has 35 heavy (non-hydrogen) atoms. The number of halogens is 3. The highest BCUT2D eigenvalue weighted by Crippen LogP contribution is 2.31. The Morgan fingerprint density at radius 3 is 2.31 bits per heavy atom.